The van der Waals surface area contributed by atoms with Crippen LogP contribution in [0.2, 0.25) is 0 Å². The molecule has 1 fully saturated rings. The van der Waals surface area contributed by atoms with Gasteiger partial charge in [0, 0.05) is 12.7 Å². The number of rotatable bonds is 2. The minimum atomic E-state index is -0.307. The van der Waals surface area contributed by atoms with Crippen LogP contribution in [0.1, 0.15) is 56.6 Å². The van der Waals surface area contributed by atoms with E-state index in [4.69, 9.17) is 0 Å². The molecular formula is C18H25NO. The van der Waals surface area contributed by atoms with Gasteiger partial charge in [0.05, 0.1) is 5.41 Å². The molecule has 1 unspecified atom stereocenters. The van der Waals surface area contributed by atoms with Crippen molar-refractivity contribution in [2.75, 3.05) is 11.9 Å². The van der Waals surface area contributed by atoms with Gasteiger partial charge in [-0.2, -0.15) is 0 Å². The first-order valence-corrected chi connectivity index (χ1v) is 7.91. The fourth-order valence-corrected chi connectivity index (χ4v) is 4.14. The Morgan fingerprint density at radius 1 is 1.25 bits per heavy atom. The minimum absolute atomic E-state index is 0.281. The molecule has 20 heavy (non-hydrogen) atoms. The largest absolute Gasteiger partial charge is 0.314 e. The first-order chi connectivity index (χ1) is 9.52. The van der Waals surface area contributed by atoms with E-state index < -0.39 is 0 Å². The Kier molecular flexibility index (Phi) is 3.35. The summed E-state index contributed by atoms with van der Waals surface area (Å²) in [5, 5.41) is 0. The second kappa shape index (κ2) is 4.91. The quantitative estimate of drug-likeness (QED) is 0.789. The molecule has 2 aliphatic rings. The van der Waals surface area contributed by atoms with Gasteiger partial charge >= 0.3 is 0 Å². The Labute approximate surface area is 122 Å². The van der Waals surface area contributed by atoms with Gasteiger partial charge < -0.3 is 4.90 Å². The number of carbonyl (C=O) groups excluding carboxylic acids is 1. The molecule has 0 spiro atoms. The third kappa shape index (κ3) is 2.06. The summed E-state index contributed by atoms with van der Waals surface area (Å²) in [6.07, 6.45) is 7.67. The van der Waals surface area contributed by atoms with Crippen LogP contribution in [0.25, 0.3) is 0 Å². The van der Waals surface area contributed by atoms with Gasteiger partial charge in [0.2, 0.25) is 5.91 Å². The smallest absolute Gasteiger partial charge is 0.237 e. The van der Waals surface area contributed by atoms with Crippen LogP contribution in [0.4, 0.5) is 5.69 Å². The highest BCUT2D eigenvalue weighted by atomic mass is 16.2. The molecule has 108 valence electrons. The molecule has 1 aliphatic heterocycles. The van der Waals surface area contributed by atoms with Crippen LogP contribution in [-0.2, 0) is 10.2 Å². The van der Waals surface area contributed by atoms with E-state index in [1.165, 1.54) is 43.2 Å². The first kappa shape index (κ1) is 13.7. The van der Waals surface area contributed by atoms with E-state index in [0.29, 0.717) is 0 Å². The maximum absolute atomic E-state index is 12.8. The van der Waals surface area contributed by atoms with E-state index in [1.807, 2.05) is 11.9 Å². The van der Waals surface area contributed by atoms with Crippen LogP contribution in [0.3, 0.4) is 0 Å². The normalized spacial score (nSPS) is 26.9. The summed E-state index contributed by atoms with van der Waals surface area (Å²) in [5.74, 6) is 1.00. The Bertz CT molecular complexity index is 530. The van der Waals surface area contributed by atoms with Crippen molar-refractivity contribution in [3.63, 3.8) is 0 Å². The zero-order chi connectivity index (χ0) is 14.3. The molecule has 2 nitrogen and oxygen atoms in total. The Hall–Kier alpha value is -1.31. The van der Waals surface area contributed by atoms with E-state index in [0.717, 1.165) is 18.0 Å². The van der Waals surface area contributed by atoms with Crippen molar-refractivity contribution in [2.45, 2.75) is 57.8 Å². The van der Waals surface area contributed by atoms with E-state index in [2.05, 4.69) is 32.0 Å². The Balaban J connectivity index is 1.95. The van der Waals surface area contributed by atoms with Crippen molar-refractivity contribution in [2.24, 2.45) is 5.92 Å². The third-order valence-corrected chi connectivity index (χ3v) is 5.31. The van der Waals surface area contributed by atoms with Crippen molar-refractivity contribution in [3.8, 4) is 0 Å². The monoisotopic (exact) mass is 271 g/mol. The van der Waals surface area contributed by atoms with Crippen molar-refractivity contribution < 1.29 is 4.79 Å². The number of carbonyl (C=O) groups is 1. The number of aryl methyl sites for hydroxylation is 1. The number of amides is 1. The molecule has 1 aliphatic carbocycles. The molecular weight excluding hydrogens is 246 g/mol. The minimum Gasteiger partial charge on any atom is -0.314 e. The molecule has 0 radical (unpaired) electrons. The van der Waals surface area contributed by atoms with E-state index in [1.54, 1.807) is 0 Å². The summed E-state index contributed by atoms with van der Waals surface area (Å²) in [6.45, 7) is 4.27. The van der Waals surface area contributed by atoms with Crippen LogP contribution >= 0.6 is 0 Å². The molecule has 3 rings (SSSR count). The van der Waals surface area contributed by atoms with Gasteiger partial charge in [-0.15, -0.1) is 0 Å². The van der Waals surface area contributed by atoms with Crippen LogP contribution in [0.15, 0.2) is 18.2 Å². The molecule has 1 aromatic rings. The highest BCUT2D eigenvalue weighted by Crippen LogP contribution is 2.46. The maximum Gasteiger partial charge on any atom is 0.237 e. The molecule has 1 amide bonds. The molecule has 0 bridgehead atoms. The zero-order valence-corrected chi connectivity index (χ0v) is 12.9. The highest BCUT2D eigenvalue weighted by molar-refractivity contribution is 6.07. The van der Waals surface area contributed by atoms with E-state index in [9.17, 15) is 4.79 Å². The lowest BCUT2D eigenvalue weighted by Gasteiger charge is -2.31. The second-order valence-electron chi connectivity index (χ2n) is 6.93. The standard InChI is InChI=1S/C18H25NO/c1-13-9-10-16-15(11-13)18(2,17(20)19(16)3)12-14-7-5-4-6-8-14/h9-11,14H,4-8,12H2,1-3H3. The van der Waals surface area contributed by atoms with Gasteiger partial charge in [-0.25, -0.2) is 0 Å². The fraction of sp³-hybridized carbons (Fsp3) is 0.611. The number of anilines is 1. The van der Waals surface area contributed by atoms with Gasteiger partial charge in [0.15, 0.2) is 0 Å². The predicted molar refractivity (Wildman–Crippen MR) is 83.1 cm³/mol. The summed E-state index contributed by atoms with van der Waals surface area (Å²) in [7, 11) is 1.92. The SMILES string of the molecule is Cc1ccc2c(c1)C(C)(CC1CCCCC1)C(=O)N2C. The van der Waals surface area contributed by atoms with Crippen molar-refractivity contribution in [3.05, 3.63) is 29.3 Å². The summed E-state index contributed by atoms with van der Waals surface area (Å²) in [6, 6.07) is 6.43. The average Bonchev–Trinajstić information content (AvgIpc) is 2.62. The lowest BCUT2D eigenvalue weighted by atomic mass is 9.72. The number of fused-ring (bicyclic) bond motifs is 1. The van der Waals surface area contributed by atoms with E-state index in [-0.39, 0.29) is 11.3 Å². The lowest BCUT2D eigenvalue weighted by molar-refractivity contribution is -0.123. The molecule has 2 heteroatoms. The van der Waals surface area contributed by atoms with Crippen molar-refractivity contribution in [1.29, 1.82) is 0 Å². The number of hydrogen-bond donors (Lipinski definition) is 0. The number of benzene rings is 1. The predicted octanol–water partition coefficient (Wildman–Crippen LogP) is 4.20. The van der Waals surface area contributed by atoms with Crippen LogP contribution in [-0.4, -0.2) is 13.0 Å². The van der Waals surface area contributed by atoms with Crippen molar-refractivity contribution >= 4 is 11.6 Å². The maximum atomic E-state index is 12.8. The van der Waals surface area contributed by atoms with Crippen LogP contribution < -0.4 is 4.90 Å². The van der Waals surface area contributed by atoms with Gasteiger partial charge in [0.25, 0.3) is 0 Å². The van der Waals surface area contributed by atoms with Gasteiger partial charge in [0.1, 0.15) is 0 Å². The van der Waals surface area contributed by atoms with Gasteiger partial charge in [-0.1, -0.05) is 49.8 Å². The molecule has 0 N–H and O–H groups in total. The zero-order valence-electron chi connectivity index (χ0n) is 12.9. The molecule has 0 aromatic heterocycles. The molecule has 0 saturated heterocycles. The molecule has 1 saturated carbocycles. The second-order valence-corrected chi connectivity index (χ2v) is 6.93. The first-order valence-electron chi connectivity index (χ1n) is 7.91. The van der Waals surface area contributed by atoms with Gasteiger partial charge in [-0.05, 0) is 37.8 Å². The third-order valence-electron chi connectivity index (χ3n) is 5.31. The molecule has 1 atom stereocenters. The van der Waals surface area contributed by atoms with Gasteiger partial charge in [-0.3, -0.25) is 4.79 Å². The van der Waals surface area contributed by atoms with Crippen molar-refractivity contribution in [1.82, 2.24) is 0 Å². The highest BCUT2D eigenvalue weighted by Gasteiger charge is 2.46. The summed E-state index contributed by atoms with van der Waals surface area (Å²) >= 11 is 0. The topological polar surface area (TPSA) is 20.3 Å². The molecule has 1 aromatic carbocycles. The van der Waals surface area contributed by atoms with Crippen LogP contribution in [0, 0.1) is 12.8 Å². The number of likely N-dealkylation sites (N-methyl/N-ethyl adjacent to an activating group) is 1. The average molecular weight is 271 g/mol. The van der Waals surface area contributed by atoms with Crippen LogP contribution in [0.5, 0.6) is 0 Å². The molecule has 1 heterocycles. The number of nitrogens with zero attached hydrogens (tertiary/aromatic N) is 1. The van der Waals surface area contributed by atoms with E-state index >= 15 is 0 Å². The Morgan fingerprint density at radius 3 is 2.65 bits per heavy atom. The fourth-order valence-electron chi connectivity index (χ4n) is 4.14. The lowest BCUT2D eigenvalue weighted by Crippen LogP contribution is -2.38. The summed E-state index contributed by atoms with van der Waals surface area (Å²) in [5.41, 5.74) is 3.30. The summed E-state index contributed by atoms with van der Waals surface area (Å²) < 4.78 is 0. The Morgan fingerprint density at radius 2 is 1.95 bits per heavy atom. The number of hydrogen-bond acceptors (Lipinski definition) is 1. The summed E-state index contributed by atoms with van der Waals surface area (Å²) in [4.78, 5) is 14.7.